The smallest absolute Gasteiger partial charge is 0.261 e. The quantitative estimate of drug-likeness (QED) is 0.909. The van der Waals surface area contributed by atoms with Crippen molar-refractivity contribution in [1.29, 1.82) is 0 Å². The van der Waals surface area contributed by atoms with E-state index in [1.165, 1.54) is 6.07 Å². The number of hydrogen-bond acceptors (Lipinski definition) is 2. The number of ether oxygens (including phenoxy) is 1. The van der Waals surface area contributed by atoms with Crippen LogP contribution in [0.2, 0.25) is 0 Å². The van der Waals surface area contributed by atoms with Crippen LogP contribution >= 0.6 is 0 Å². The zero-order valence-electron chi connectivity index (χ0n) is 11.2. The van der Waals surface area contributed by atoms with Crippen LogP contribution in [0.4, 0.5) is 4.39 Å². The Balaban J connectivity index is 1.87. The van der Waals surface area contributed by atoms with Crippen molar-refractivity contribution >= 4 is 5.91 Å². The van der Waals surface area contributed by atoms with Gasteiger partial charge in [0.2, 0.25) is 0 Å². The molecule has 0 aliphatic rings. The molecule has 3 nitrogen and oxygen atoms in total. The first kappa shape index (κ1) is 14.1. The van der Waals surface area contributed by atoms with Gasteiger partial charge < -0.3 is 10.1 Å². The molecule has 0 aromatic heterocycles. The van der Waals surface area contributed by atoms with Crippen molar-refractivity contribution < 1.29 is 13.9 Å². The minimum atomic E-state index is -0.635. The van der Waals surface area contributed by atoms with Crippen molar-refractivity contribution in [2.24, 2.45) is 0 Å². The molecule has 0 fully saturated rings. The summed E-state index contributed by atoms with van der Waals surface area (Å²) in [5, 5.41) is 2.66. The standard InChI is InChI=1S/C16H16FNO2/c1-12(20-14-8-3-2-4-9-14)16(19)18-11-13-7-5-6-10-15(13)17/h2-10,12H,11H2,1H3,(H,18,19)/t12-/m0/s1. The van der Waals surface area contributed by atoms with Gasteiger partial charge in [-0.25, -0.2) is 4.39 Å². The summed E-state index contributed by atoms with van der Waals surface area (Å²) < 4.78 is 18.9. The number of benzene rings is 2. The Hall–Kier alpha value is -2.36. The number of hydrogen-bond donors (Lipinski definition) is 1. The molecule has 0 aliphatic heterocycles. The fourth-order valence-electron chi connectivity index (χ4n) is 1.72. The van der Waals surface area contributed by atoms with Gasteiger partial charge in [0, 0.05) is 12.1 Å². The Morgan fingerprint density at radius 2 is 1.80 bits per heavy atom. The SMILES string of the molecule is C[C@H](Oc1ccccc1)C(=O)NCc1ccccc1F. The van der Waals surface area contributed by atoms with E-state index >= 15 is 0 Å². The summed E-state index contributed by atoms with van der Waals surface area (Å²) in [5.41, 5.74) is 0.452. The number of carbonyl (C=O) groups is 1. The highest BCUT2D eigenvalue weighted by Gasteiger charge is 2.14. The summed E-state index contributed by atoms with van der Waals surface area (Å²) in [6, 6.07) is 15.4. The number of carbonyl (C=O) groups excluding carboxylic acids is 1. The molecule has 2 aromatic rings. The molecular weight excluding hydrogens is 257 g/mol. The fraction of sp³-hybridized carbons (Fsp3) is 0.188. The minimum absolute atomic E-state index is 0.147. The molecule has 20 heavy (non-hydrogen) atoms. The van der Waals surface area contributed by atoms with Crippen LogP contribution < -0.4 is 10.1 Å². The second-order valence-electron chi connectivity index (χ2n) is 4.38. The Bertz CT molecular complexity index is 572. The van der Waals surface area contributed by atoms with Crippen LogP contribution in [-0.2, 0) is 11.3 Å². The lowest BCUT2D eigenvalue weighted by Gasteiger charge is -2.14. The van der Waals surface area contributed by atoms with Crippen LogP contribution in [0.5, 0.6) is 5.75 Å². The average Bonchev–Trinajstić information content (AvgIpc) is 2.47. The first-order valence-electron chi connectivity index (χ1n) is 6.39. The van der Waals surface area contributed by atoms with E-state index < -0.39 is 6.10 Å². The highest BCUT2D eigenvalue weighted by molar-refractivity contribution is 5.80. The highest BCUT2D eigenvalue weighted by atomic mass is 19.1. The summed E-state index contributed by atoms with van der Waals surface area (Å²) in [5.74, 6) is 0.0163. The van der Waals surface area contributed by atoms with E-state index in [-0.39, 0.29) is 18.3 Å². The Labute approximate surface area is 117 Å². The first-order valence-corrected chi connectivity index (χ1v) is 6.39. The largest absolute Gasteiger partial charge is 0.481 e. The van der Waals surface area contributed by atoms with Gasteiger partial charge in [0.05, 0.1) is 0 Å². The predicted molar refractivity (Wildman–Crippen MR) is 74.8 cm³/mol. The van der Waals surface area contributed by atoms with E-state index in [9.17, 15) is 9.18 Å². The summed E-state index contributed by atoms with van der Waals surface area (Å²) in [6.45, 7) is 1.80. The predicted octanol–water partition coefficient (Wildman–Crippen LogP) is 2.91. The molecule has 2 aromatic carbocycles. The zero-order chi connectivity index (χ0) is 14.4. The van der Waals surface area contributed by atoms with Gasteiger partial charge >= 0.3 is 0 Å². The molecule has 0 spiro atoms. The van der Waals surface area contributed by atoms with Crippen molar-refractivity contribution in [3.05, 3.63) is 66.0 Å². The molecule has 2 rings (SSSR count). The lowest BCUT2D eigenvalue weighted by Crippen LogP contribution is -2.36. The molecule has 1 N–H and O–H groups in total. The van der Waals surface area contributed by atoms with Crippen LogP contribution in [-0.4, -0.2) is 12.0 Å². The van der Waals surface area contributed by atoms with Gasteiger partial charge in [0.25, 0.3) is 5.91 Å². The molecular formula is C16H16FNO2. The molecule has 104 valence electrons. The van der Waals surface area contributed by atoms with Crippen molar-refractivity contribution in [3.8, 4) is 5.75 Å². The molecule has 1 atom stereocenters. The van der Waals surface area contributed by atoms with Gasteiger partial charge in [-0.3, -0.25) is 4.79 Å². The molecule has 1 amide bonds. The molecule has 0 heterocycles. The molecule has 0 unspecified atom stereocenters. The Morgan fingerprint density at radius 3 is 2.50 bits per heavy atom. The van der Waals surface area contributed by atoms with Crippen LogP contribution in [0.25, 0.3) is 0 Å². The second kappa shape index (κ2) is 6.70. The van der Waals surface area contributed by atoms with Crippen LogP contribution in [0.15, 0.2) is 54.6 Å². The first-order chi connectivity index (χ1) is 9.66. The van der Waals surface area contributed by atoms with Crippen LogP contribution in [0.3, 0.4) is 0 Å². The van der Waals surface area contributed by atoms with Crippen molar-refractivity contribution in [2.75, 3.05) is 0 Å². The Morgan fingerprint density at radius 1 is 1.15 bits per heavy atom. The number of para-hydroxylation sites is 1. The zero-order valence-corrected chi connectivity index (χ0v) is 11.2. The van der Waals surface area contributed by atoms with E-state index in [0.717, 1.165) is 0 Å². The van der Waals surface area contributed by atoms with Crippen molar-refractivity contribution in [3.63, 3.8) is 0 Å². The van der Waals surface area contributed by atoms with E-state index in [2.05, 4.69) is 5.32 Å². The third kappa shape index (κ3) is 3.82. The van der Waals surface area contributed by atoms with Gasteiger partial charge in [0.15, 0.2) is 6.10 Å². The third-order valence-corrected chi connectivity index (χ3v) is 2.84. The summed E-state index contributed by atoms with van der Waals surface area (Å²) in [6.07, 6.45) is -0.635. The van der Waals surface area contributed by atoms with Crippen molar-refractivity contribution in [2.45, 2.75) is 19.6 Å². The number of halogens is 1. The van der Waals surface area contributed by atoms with Gasteiger partial charge in [0.1, 0.15) is 11.6 Å². The molecule has 0 aliphatic carbocycles. The molecule has 0 saturated carbocycles. The lowest BCUT2D eigenvalue weighted by atomic mass is 10.2. The number of nitrogens with one attached hydrogen (secondary N) is 1. The van der Waals surface area contributed by atoms with Gasteiger partial charge in [-0.2, -0.15) is 0 Å². The molecule has 0 radical (unpaired) electrons. The third-order valence-electron chi connectivity index (χ3n) is 2.84. The lowest BCUT2D eigenvalue weighted by molar-refractivity contribution is -0.127. The maximum absolute atomic E-state index is 13.4. The number of amides is 1. The second-order valence-corrected chi connectivity index (χ2v) is 4.38. The average molecular weight is 273 g/mol. The monoisotopic (exact) mass is 273 g/mol. The van der Waals surface area contributed by atoms with E-state index in [0.29, 0.717) is 11.3 Å². The van der Waals surface area contributed by atoms with Gasteiger partial charge in [-0.15, -0.1) is 0 Å². The summed E-state index contributed by atoms with van der Waals surface area (Å²) >= 11 is 0. The highest BCUT2D eigenvalue weighted by Crippen LogP contribution is 2.11. The summed E-state index contributed by atoms with van der Waals surface area (Å²) in [4.78, 5) is 11.9. The van der Waals surface area contributed by atoms with Crippen LogP contribution in [0.1, 0.15) is 12.5 Å². The van der Waals surface area contributed by atoms with Gasteiger partial charge in [-0.1, -0.05) is 36.4 Å². The molecule has 0 saturated heterocycles. The maximum Gasteiger partial charge on any atom is 0.261 e. The van der Waals surface area contributed by atoms with E-state index in [1.54, 1.807) is 37.3 Å². The summed E-state index contributed by atoms with van der Waals surface area (Å²) in [7, 11) is 0. The maximum atomic E-state index is 13.4. The van der Waals surface area contributed by atoms with Crippen LogP contribution in [0, 0.1) is 5.82 Å². The number of rotatable bonds is 5. The minimum Gasteiger partial charge on any atom is -0.481 e. The van der Waals surface area contributed by atoms with E-state index in [1.807, 2.05) is 18.2 Å². The topological polar surface area (TPSA) is 38.3 Å². The normalized spacial score (nSPS) is 11.7. The van der Waals surface area contributed by atoms with Crippen molar-refractivity contribution in [1.82, 2.24) is 5.32 Å². The fourth-order valence-corrected chi connectivity index (χ4v) is 1.72. The Kier molecular flexibility index (Phi) is 4.71. The molecule has 4 heteroatoms. The van der Waals surface area contributed by atoms with Gasteiger partial charge in [-0.05, 0) is 25.1 Å². The molecule has 0 bridgehead atoms. The van der Waals surface area contributed by atoms with E-state index in [4.69, 9.17) is 4.74 Å².